The molecule has 0 bridgehead atoms. The van der Waals surface area contributed by atoms with Gasteiger partial charge in [-0.1, -0.05) is 26.7 Å². The van der Waals surface area contributed by atoms with Gasteiger partial charge in [0.05, 0.1) is 0 Å². The van der Waals surface area contributed by atoms with Crippen LogP contribution >= 0.6 is 0 Å². The second-order valence-electron chi connectivity index (χ2n) is 6.29. The van der Waals surface area contributed by atoms with Gasteiger partial charge in [-0.15, -0.1) is 0 Å². The van der Waals surface area contributed by atoms with Crippen LogP contribution in [0.3, 0.4) is 0 Å². The quantitative estimate of drug-likeness (QED) is 0.531. The molecule has 2 fully saturated rings. The van der Waals surface area contributed by atoms with Crippen LogP contribution in [0.2, 0.25) is 0 Å². The lowest BCUT2D eigenvalue weighted by Crippen LogP contribution is -2.61. The van der Waals surface area contributed by atoms with E-state index in [0.29, 0.717) is 12.1 Å². The predicted molar refractivity (Wildman–Crippen MR) is 76.1 cm³/mol. The Kier molecular flexibility index (Phi) is 5.01. The Hall–Kier alpha value is -0.610. The van der Waals surface area contributed by atoms with E-state index in [9.17, 15) is 0 Å². The first-order valence-corrected chi connectivity index (χ1v) is 7.44. The monoisotopic (exact) mass is 252 g/mol. The van der Waals surface area contributed by atoms with E-state index in [1.54, 1.807) is 0 Å². The molecule has 3 unspecified atom stereocenters. The van der Waals surface area contributed by atoms with Crippen LogP contribution in [-0.2, 0) is 0 Å². The number of rotatable bonds is 4. The maximum Gasteiger partial charge on any atom is 0.109 e. The first-order valence-electron chi connectivity index (χ1n) is 7.44. The average molecular weight is 252 g/mol. The molecular formula is C14H28N4. The van der Waals surface area contributed by atoms with Crippen molar-refractivity contribution in [2.75, 3.05) is 6.54 Å². The molecule has 2 rings (SSSR count). The minimum atomic E-state index is 0.297. The molecule has 3 N–H and O–H groups in total. The van der Waals surface area contributed by atoms with Crippen molar-refractivity contribution in [3.05, 3.63) is 0 Å². The first-order chi connectivity index (χ1) is 8.66. The van der Waals surface area contributed by atoms with Crippen molar-refractivity contribution in [1.82, 2.24) is 16.3 Å². The van der Waals surface area contributed by atoms with Crippen LogP contribution in [0.15, 0.2) is 5.10 Å². The Balaban J connectivity index is 1.87. The summed E-state index contributed by atoms with van der Waals surface area (Å²) < 4.78 is 0. The van der Waals surface area contributed by atoms with E-state index in [1.807, 2.05) is 0 Å². The normalized spacial score (nSPS) is 33.3. The fourth-order valence-corrected chi connectivity index (χ4v) is 3.28. The van der Waals surface area contributed by atoms with Crippen LogP contribution in [0, 0.1) is 17.8 Å². The van der Waals surface area contributed by atoms with Crippen LogP contribution in [0.1, 0.15) is 52.9 Å². The molecule has 0 aromatic carbocycles. The lowest BCUT2D eigenvalue weighted by atomic mass is 9.77. The van der Waals surface area contributed by atoms with Crippen LogP contribution < -0.4 is 16.3 Å². The standard InChI is InChI=1S/C14H28N4/c1-10(2)8-11(3)16-18-14-13-7-5-4-6-12(13)9-15-17-14/h10,12-15,17-18H,4-9H2,1-3H3. The second-order valence-corrected chi connectivity index (χ2v) is 6.29. The minimum Gasteiger partial charge on any atom is -0.291 e. The fourth-order valence-electron chi connectivity index (χ4n) is 3.28. The predicted octanol–water partition coefficient (Wildman–Crippen LogP) is 2.24. The summed E-state index contributed by atoms with van der Waals surface area (Å²) in [4.78, 5) is 0. The molecule has 0 amide bonds. The second kappa shape index (κ2) is 6.53. The highest BCUT2D eigenvalue weighted by Gasteiger charge is 2.34. The van der Waals surface area contributed by atoms with Crippen molar-refractivity contribution < 1.29 is 0 Å². The van der Waals surface area contributed by atoms with Gasteiger partial charge in [-0.3, -0.25) is 10.9 Å². The van der Waals surface area contributed by atoms with Crippen LogP contribution in [0.5, 0.6) is 0 Å². The summed E-state index contributed by atoms with van der Waals surface area (Å²) >= 11 is 0. The summed E-state index contributed by atoms with van der Waals surface area (Å²) in [5.74, 6) is 2.23. The van der Waals surface area contributed by atoms with Gasteiger partial charge in [0.15, 0.2) is 0 Å². The van der Waals surface area contributed by atoms with Gasteiger partial charge in [-0.25, -0.2) is 5.43 Å². The molecule has 4 heteroatoms. The van der Waals surface area contributed by atoms with E-state index >= 15 is 0 Å². The number of nitrogens with zero attached hydrogens (tertiary/aromatic N) is 1. The third-order valence-electron chi connectivity index (χ3n) is 4.12. The minimum absolute atomic E-state index is 0.297. The van der Waals surface area contributed by atoms with Crippen molar-refractivity contribution in [3.63, 3.8) is 0 Å². The van der Waals surface area contributed by atoms with E-state index in [4.69, 9.17) is 0 Å². The number of hydrogen-bond acceptors (Lipinski definition) is 4. The molecule has 104 valence electrons. The van der Waals surface area contributed by atoms with E-state index in [2.05, 4.69) is 42.1 Å². The van der Waals surface area contributed by atoms with Crippen molar-refractivity contribution >= 4 is 5.71 Å². The number of hydrazine groups is 1. The molecule has 2 aliphatic rings. The van der Waals surface area contributed by atoms with E-state index in [1.165, 1.54) is 31.4 Å². The number of fused-ring (bicyclic) bond motifs is 1. The molecule has 0 aromatic heterocycles. The topological polar surface area (TPSA) is 48.5 Å². The van der Waals surface area contributed by atoms with Gasteiger partial charge in [0, 0.05) is 12.3 Å². The zero-order chi connectivity index (χ0) is 13.0. The largest absolute Gasteiger partial charge is 0.291 e. The molecule has 3 atom stereocenters. The summed E-state index contributed by atoms with van der Waals surface area (Å²) in [6.45, 7) is 7.69. The maximum absolute atomic E-state index is 4.54. The third-order valence-corrected chi connectivity index (χ3v) is 4.12. The zero-order valence-electron chi connectivity index (χ0n) is 12.0. The van der Waals surface area contributed by atoms with E-state index < -0.39 is 0 Å². The molecular weight excluding hydrogens is 224 g/mol. The summed E-state index contributed by atoms with van der Waals surface area (Å²) in [6, 6.07) is 0. The Morgan fingerprint density at radius 2 is 2.11 bits per heavy atom. The number of hydrogen-bond donors (Lipinski definition) is 3. The van der Waals surface area contributed by atoms with Crippen molar-refractivity contribution in [2.45, 2.75) is 59.0 Å². The van der Waals surface area contributed by atoms with Gasteiger partial charge in [0.1, 0.15) is 6.17 Å². The first kappa shape index (κ1) is 13.8. The van der Waals surface area contributed by atoms with Gasteiger partial charge >= 0.3 is 0 Å². The van der Waals surface area contributed by atoms with Gasteiger partial charge in [0.25, 0.3) is 0 Å². The lowest BCUT2D eigenvalue weighted by Gasteiger charge is -2.41. The summed E-state index contributed by atoms with van der Waals surface area (Å²) in [7, 11) is 0. The van der Waals surface area contributed by atoms with E-state index in [0.717, 1.165) is 24.8 Å². The van der Waals surface area contributed by atoms with Crippen LogP contribution in [0.4, 0.5) is 0 Å². The Labute approximate surface area is 111 Å². The SMILES string of the molecule is CC(CC(C)C)=NNC1NNCC2CCCCC21. The highest BCUT2D eigenvalue weighted by atomic mass is 15.5. The van der Waals surface area contributed by atoms with Crippen molar-refractivity contribution in [3.8, 4) is 0 Å². The smallest absolute Gasteiger partial charge is 0.109 e. The molecule has 1 saturated heterocycles. The molecule has 1 aliphatic heterocycles. The molecule has 0 spiro atoms. The molecule has 4 nitrogen and oxygen atoms in total. The van der Waals surface area contributed by atoms with Gasteiger partial charge in [-0.2, -0.15) is 5.10 Å². The molecule has 1 heterocycles. The summed E-state index contributed by atoms with van der Waals surface area (Å²) in [5.41, 5.74) is 11.2. The highest BCUT2D eigenvalue weighted by Crippen LogP contribution is 2.32. The Morgan fingerprint density at radius 3 is 2.89 bits per heavy atom. The fraction of sp³-hybridized carbons (Fsp3) is 0.929. The molecule has 18 heavy (non-hydrogen) atoms. The number of hydrazone groups is 1. The molecule has 0 aromatic rings. The molecule has 0 radical (unpaired) electrons. The Bertz CT molecular complexity index is 286. The van der Waals surface area contributed by atoms with Gasteiger partial charge in [-0.05, 0) is 43.9 Å². The van der Waals surface area contributed by atoms with Gasteiger partial charge in [0.2, 0.25) is 0 Å². The van der Waals surface area contributed by atoms with Crippen LogP contribution in [-0.4, -0.2) is 18.4 Å². The van der Waals surface area contributed by atoms with Crippen LogP contribution in [0.25, 0.3) is 0 Å². The number of nitrogens with one attached hydrogen (secondary N) is 3. The maximum atomic E-state index is 4.54. The van der Waals surface area contributed by atoms with E-state index in [-0.39, 0.29) is 0 Å². The summed E-state index contributed by atoms with van der Waals surface area (Å²) in [6.07, 6.45) is 6.83. The van der Waals surface area contributed by atoms with Crippen molar-refractivity contribution in [1.29, 1.82) is 0 Å². The highest BCUT2D eigenvalue weighted by molar-refractivity contribution is 5.81. The zero-order valence-corrected chi connectivity index (χ0v) is 12.0. The van der Waals surface area contributed by atoms with Gasteiger partial charge < -0.3 is 0 Å². The van der Waals surface area contributed by atoms with Crippen molar-refractivity contribution in [2.24, 2.45) is 22.9 Å². The molecule has 1 saturated carbocycles. The average Bonchev–Trinajstić information content (AvgIpc) is 2.35. The summed E-state index contributed by atoms with van der Waals surface area (Å²) in [5, 5.41) is 4.54. The lowest BCUT2D eigenvalue weighted by molar-refractivity contribution is 0.0995. The third kappa shape index (κ3) is 3.69. The Morgan fingerprint density at radius 1 is 1.33 bits per heavy atom. The molecule has 1 aliphatic carbocycles.